The van der Waals surface area contributed by atoms with Crippen LogP contribution in [-0.4, -0.2) is 25.6 Å². The number of nitro benzene ring substituents is 1. The predicted molar refractivity (Wildman–Crippen MR) is 106 cm³/mol. The molecule has 30 heavy (non-hydrogen) atoms. The van der Waals surface area contributed by atoms with Crippen LogP contribution in [0.25, 0.3) is 22.3 Å². The number of ether oxygens (including phenoxy) is 1. The molecule has 2 aromatic heterocycles. The van der Waals surface area contributed by atoms with Crippen molar-refractivity contribution in [3.63, 3.8) is 0 Å². The molecule has 3 aromatic rings. The van der Waals surface area contributed by atoms with E-state index < -0.39 is 16.5 Å². The van der Waals surface area contributed by atoms with Crippen molar-refractivity contribution in [1.82, 2.24) is 9.55 Å². The Hall–Kier alpha value is -3.59. The molecule has 5 rings (SSSR count). The minimum Gasteiger partial charge on any atom is -0.458 e. The first-order valence-corrected chi connectivity index (χ1v) is 9.51. The Morgan fingerprint density at radius 1 is 1.33 bits per heavy atom. The molecule has 0 radical (unpaired) electrons. The van der Waals surface area contributed by atoms with Gasteiger partial charge in [0.25, 0.3) is 11.2 Å². The van der Waals surface area contributed by atoms with Crippen molar-refractivity contribution in [2.45, 2.75) is 39.0 Å². The van der Waals surface area contributed by atoms with E-state index in [1.54, 1.807) is 26.0 Å². The Kier molecular flexibility index (Phi) is 3.66. The zero-order chi connectivity index (χ0) is 21.4. The van der Waals surface area contributed by atoms with Gasteiger partial charge < -0.3 is 14.4 Å². The van der Waals surface area contributed by atoms with Crippen LogP contribution in [0.4, 0.5) is 5.69 Å². The summed E-state index contributed by atoms with van der Waals surface area (Å²) in [5.41, 5.74) is 1.20. The smallest absolute Gasteiger partial charge is 0.343 e. The van der Waals surface area contributed by atoms with Crippen molar-refractivity contribution in [3.05, 3.63) is 67.0 Å². The molecule has 0 unspecified atom stereocenters. The van der Waals surface area contributed by atoms with Gasteiger partial charge in [0.05, 0.1) is 33.9 Å². The average Bonchev–Trinajstić information content (AvgIpc) is 3.08. The standard InChI is InChI=1S/C21H17N3O6/c1-3-21(27)14-7-17-18-11(8-23(17)19(25)13(14)9-30-20(21)26)6-12-10(2)16(24(28)29)5-4-15(12)22-18/h4-7,27H,3,8-9H2,1-2H3/t21-/m0/s1. The first-order valence-electron chi connectivity index (χ1n) is 9.51. The highest BCUT2D eigenvalue weighted by molar-refractivity contribution is 5.89. The fraction of sp³-hybridized carbons (Fsp3) is 0.286. The molecule has 0 spiro atoms. The fourth-order valence-electron chi connectivity index (χ4n) is 4.38. The minimum atomic E-state index is -1.88. The third-order valence-corrected chi connectivity index (χ3v) is 6.13. The Bertz CT molecular complexity index is 1360. The molecule has 1 N–H and O–H groups in total. The maximum Gasteiger partial charge on any atom is 0.343 e. The van der Waals surface area contributed by atoms with Crippen LogP contribution in [0.15, 0.2) is 29.1 Å². The van der Waals surface area contributed by atoms with Gasteiger partial charge in [-0.1, -0.05) is 6.92 Å². The summed E-state index contributed by atoms with van der Waals surface area (Å²) in [7, 11) is 0. The van der Waals surface area contributed by atoms with E-state index >= 15 is 0 Å². The van der Waals surface area contributed by atoms with Crippen molar-refractivity contribution < 1.29 is 19.6 Å². The minimum absolute atomic E-state index is 0.0102. The van der Waals surface area contributed by atoms with Crippen molar-refractivity contribution >= 4 is 22.6 Å². The number of cyclic esters (lactones) is 1. The van der Waals surface area contributed by atoms with Crippen molar-refractivity contribution in [2.75, 3.05) is 0 Å². The zero-order valence-corrected chi connectivity index (χ0v) is 16.3. The van der Waals surface area contributed by atoms with E-state index in [0.717, 1.165) is 5.56 Å². The van der Waals surface area contributed by atoms with Crippen LogP contribution in [0, 0.1) is 17.0 Å². The van der Waals surface area contributed by atoms with E-state index in [-0.39, 0.29) is 41.9 Å². The number of nitrogens with zero attached hydrogens (tertiary/aromatic N) is 3. The number of benzene rings is 1. The summed E-state index contributed by atoms with van der Waals surface area (Å²) in [4.78, 5) is 40.8. The largest absolute Gasteiger partial charge is 0.458 e. The number of carbonyl (C=O) groups is 1. The maximum atomic E-state index is 13.1. The quantitative estimate of drug-likeness (QED) is 0.307. The summed E-state index contributed by atoms with van der Waals surface area (Å²) in [5.74, 6) is -0.769. The van der Waals surface area contributed by atoms with E-state index in [1.165, 1.54) is 10.6 Å². The SMILES string of the molecule is CC[C@@]1(O)C(=O)OCc2c1cc1n(c2=O)Cc2cc3c(C)c([N+](=O)[O-])ccc3nc2-1. The number of esters is 1. The van der Waals surface area contributed by atoms with Crippen LogP contribution in [-0.2, 0) is 28.3 Å². The molecular formula is C21H17N3O6. The summed E-state index contributed by atoms with van der Waals surface area (Å²) in [6, 6.07) is 6.46. The highest BCUT2D eigenvalue weighted by Crippen LogP contribution is 2.39. The molecule has 0 fully saturated rings. The second kappa shape index (κ2) is 5.96. The summed E-state index contributed by atoms with van der Waals surface area (Å²) in [6.07, 6.45) is 0.0720. The highest BCUT2D eigenvalue weighted by atomic mass is 16.6. The number of hydrogen-bond donors (Lipinski definition) is 1. The molecule has 9 heteroatoms. The third kappa shape index (κ3) is 2.23. The lowest BCUT2D eigenvalue weighted by atomic mass is 9.86. The summed E-state index contributed by atoms with van der Waals surface area (Å²) in [5, 5.41) is 22.8. The number of rotatable bonds is 2. The Balaban J connectivity index is 1.77. The molecule has 9 nitrogen and oxygen atoms in total. The second-order valence-corrected chi connectivity index (χ2v) is 7.63. The lowest BCUT2D eigenvalue weighted by Crippen LogP contribution is -2.44. The Morgan fingerprint density at radius 2 is 2.10 bits per heavy atom. The normalized spacial score (nSPS) is 19.2. The molecule has 0 saturated heterocycles. The van der Waals surface area contributed by atoms with Crippen molar-refractivity contribution in [1.29, 1.82) is 0 Å². The van der Waals surface area contributed by atoms with Gasteiger partial charge in [0.2, 0.25) is 0 Å². The number of fused-ring (bicyclic) bond motifs is 5. The van der Waals surface area contributed by atoms with Gasteiger partial charge in [0, 0.05) is 28.1 Å². The van der Waals surface area contributed by atoms with Gasteiger partial charge >= 0.3 is 5.97 Å². The van der Waals surface area contributed by atoms with Crippen LogP contribution in [0.2, 0.25) is 0 Å². The second-order valence-electron chi connectivity index (χ2n) is 7.63. The third-order valence-electron chi connectivity index (χ3n) is 6.13. The first kappa shape index (κ1) is 18.4. The van der Waals surface area contributed by atoms with Gasteiger partial charge in [-0.2, -0.15) is 0 Å². The summed E-state index contributed by atoms with van der Waals surface area (Å²) >= 11 is 0. The molecule has 4 heterocycles. The summed E-state index contributed by atoms with van der Waals surface area (Å²) < 4.78 is 6.60. The monoisotopic (exact) mass is 407 g/mol. The van der Waals surface area contributed by atoms with E-state index in [1.807, 2.05) is 6.07 Å². The van der Waals surface area contributed by atoms with E-state index in [4.69, 9.17) is 4.74 Å². The Morgan fingerprint density at radius 3 is 2.80 bits per heavy atom. The van der Waals surface area contributed by atoms with E-state index in [2.05, 4.69) is 4.98 Å². The van der Waals surface area contributed by atoms with Gasteiger partial charge in [-0.25, -0.2) is 9.78 Å². The summed E-state index contributed by atoms with van der Waals surface area (Å²) in [6.45, 7) is 3.38. The van der Waals surface area contributed by atoms with Gasteiger partial charge in [-0.3, -0.25) is 14.9 Å². The molecule has 2 aliphatic heterocycles. The molecule has 152 valence electrons. The van der Waals surface area contributed by atoms with Crippen molar-refractivity contribution in [2.24, 2.45) is 0 Å². The molecule has 1 aromatic carbocycles. The Labute approximate surface area is 169 Å². The average molecular weight is 407 g/mol. The topological polar surface area (TPSA) is 125 Å². The van der Waals surface area contributed by atoms with Crippen molar-refractivity contribution in [3.8, 4) is 11.4 Å². The first-order chi connectivity index (χ1) is 14.3. The predicted octanol–water partition coefficient (Wildman–Crippen LogP) is 2.30. The van der Waals surface area contributed by atoms with Crippen LogP contribution in [0.5, 0.6) is 0 Å². The van der Waals surface area contributed by atoms with Gasteiger partial charge in [0.15, 0.2) is 5.60 Å². The number of aliphatic hydroxyl groups is 1. The number of hydrogen-bond acceptors (Lipinski definition) is 7. The number of aryl methyl sites for hydroxylation is 1. The maximum absolute atomic E-state index is 13.1. The van der Waals surface area contributed by atoms with Crippen LogP contribution < -0.4 is 5.56 Å². The van der Waals surface area contributed by atoms with E-state index in [9.17, 15) is 24.8 Å². The number of carbonyl (C=O) groups excluding carboxylic acids is 1. The number of nitro groups is 1. The van der Waals surface area contributed by atoms with Crippen LogP contribution in [0.1, 0.15) is 35.6 Å². The molecular weight excluding hydrogens is 390 g/mol. The number of aromatic nitrogens is 2. The lowest BCUT2D eigenvalue weighted by Gasteiger charge is -2.31. The zero-order valence-electron chi connectivity index (χ0n) is 16.3. The molecule has 2 aliphatic rings. The highest BCUT2D eigenvalue weighted by Gasteiger charge is 2.45. The van der Waals surface area contributed by atoms with E-state index in [0.29, 0.717) is 27.9 Å². The molecule has 0 bridgehead atoms. The van der Waals surface area contributed by atoms with Gasteiger partial charge in [-0.05, 0) is 31.5 Å². The molecule has 0 amide bonds. The number of pyridine rings is 2. The fourth-order valence-corrected chi connectivity index (χ4v) is 4.38. The lowest BCUT2D eigenvalue weighted by molar-refractivity contribution is -0.385. The molecule has 0 saturated carbocycles. The van der Waals surface area contributed by atoms with Gasteiger partial charge in [-0.15, -0.1) is 0 Å². The van der Waals surface area contributed by atoms with Gasteiger partial charge in [0.1, 0.15) is 6.61 Å². The van der Waals surface area contributed by atoms with Crippen LogP contribution in [0.3, 0.4) is 0 Å². The molecule has 0 aliphatic carbocycles. The van der Waals surface area contributed by atoms with Crippen LogP contribution >= 0.6 is 0 Å². The molecule has 1 atom stereocenters.